The number of carboxylic acid groups (broad SMARTS) is 2. The Morgan fingerprint density at radius 3 is 2.53 bits per heavy atom. The summed E-state index contributed by atoms with van der Waals surface area (Å²) < 4.78 is 37.0. The standard InChI is InChI=1S/C25H24N6O7S2.C2HF3O2/c1-38-15-4-2-3-12(7-15)9-30-6-5-13(21(30)33)8-14-10-39-23-18(22(34)31(23)19(14)24(35)36)28-20(32)17(29-37)16-11-40-25(26)27-16;3-2(4,5)1(6)7/h2-4,7-8,11,18,23,37H,5-6,9-10H2,1H3,(H2,26,27)(H,28,32)(H,35,36);(H,6,7)/t18-,23-;/m1./s1. The van der Waals surface area contributed by atoms with Crippen LogP contribution in [-0.2, 0) is 30.5 Å². The zero-order chi connectivity index (χ0) is 34.6. The number of alkyl halides is 3. The van der Waals surface area contributed by atoms with Crippen LogP contribution in [0.25, 0.3) is 0 Å². The molecule has 2 aromatic rings. The van der Waals surface area contributed by atoms with Crippen molar-refractivity contribution in [2.75, 3.05) is 25.1 Å². The summed E-state index contributed by atoms with van der Waals surface area (Å²) >= 11 is 2.31. The molecule has 4 heterocycles. The van der Waals surface area contributed by atoms with E-state index in [2.05, 4.69) is 15.5 Å². The summed E-state index contributed by atoms with van der Waals surface area (Å²) in [5, 5.41) is 32.8. The Bertz CT molecular complexity index is 1710. The number of ether oxygens (including phenoxy) is 1. The molecule has 2 saturated heterocycles. The fourth-order valence-corrected chi connectivity index (χ4v) is 6.58. The number of nitrogens with zero attached hydrogens (tertiary/aromatic N) is 4. The maximum absolute atomic E-state index is 13.1. The van der Waals surface area contributed by atoms with E-state index in [1.807, 2.05) is 24.3 Å². The number of halogens is 3. The lowest BCUT2D eigenvalue weighted by atomic mass is 10.0. The second kappa shape index (κ2) is 14.1. The SMILES string of the molecule is COc1cccc(CN2CCC(=CC3=C(C(=O)O)N4C(=O)[C@@H](NC(=O)C(=NO)c5csc(N)n5)[C@H]4SC3)C2=O)c1.O=C(O)C(F)(F)F. The number of fused-ring (bicyclic) bond motifs is 1. The molecule has 1 aromatic heterocycles. The number of methoxy groups -OCH3 is 1. The first-order chi connectivity index (χ1) is 22.2. The molecule has 3 aliphatic heterocycles. The molecule has 1 aromatic carbocycles. The number of carbonyl (C=O) groups excluding carboxylic acids is 3. The summed E-state index contributed by atoms with van der Waals surface area (Å²) in [5.74, 6) is -4.87. The molecular weight excluding hydrogens is 673 g/mol. The van der Waals surface area contributed by atoms with Crippen LogP contribution in [0.3, 0.4) is 0 Å². The molecule has 0 saturated carbocycles. The van der Waals surface area contributed by atoms with Gasteiger partial charge in [0.25, 0.3) is 11.8 Å². The van der Waals surface area contributed by atoms with Crippen molar-refractivity contribution < 1.29 is 57.3 Å². The Morgan fingerprint density at radius 1 is 1.26 bits per heavy atom. The van der Waals surface area contributed by atoms with Crippen LogP contribution in [0.15, 0.2) is 57.7 Å². The second-order valence-corrected chi connectivity index (χ2v) is 11.9. The summed E-state index contributed by atoms with van der Waals surface area (Å²) in [4.78, 5) is 66.6. The van der Waals surface area contributed by atoms with E-state index >= 15 is 0 Å². The molecule has 20 heteroatoms. The summed E-state index contributed by atoms with van der Waals surface area (Å²) in [7, 11) is 1.57. The highest BCUT2D eigenvalue weighted by atomic mass is 32.2. The number of rotatable bonds is 8. The second-order valence-electron chi connectivity index (χ2n) is 9.86. The average molecular weight is 699 g/mol. The van der Waals surface area contributed by atoms with Gasteiger partial charge in [-0.15, -0.1) is 23.1 Å². The van der Waals surface area contributed by atoms with E-state index in [-0.39, 0.29) is 28.2 Å². The third-order valence-electron chi connectivity index (χ3n) is 6.88. The fourth-order valence-electron chi connectivity index (χ4n) is 4.73. The van der Waals surface area contributed by atoms with Crippen LogP contribution in [0.5, 0.6) is 5.75 Å². The maximum Gasteiger partial charge on any atom is 0.490 e. The number of aromatic nitrogens is 1. The molecule has 2 fully saturated rings. The first-order valence-corrected chi connectivity index (χ1v) is 15.2. The number of amides is 3. The van der Waals surface area contributed by atoms with Crippen molar-refractivity contribution in [3.05, 3.63) is 63.8 Å². The minimum atomic E-state index is -5.08. The first kappa shape index (κ1) is 34.8. The quantitative estimate of drug-likeness (QED) is 0.0873. The molecule has 0 unspecified atom stereocenters. The van der Waals surface area contributed by atoms with Gasteiger partial charge in [-0.25, -0.2) is 14.6 Å². The number of thiazole rings is 1. The Labute approximate surface area is 271 Å². The van der Waals surface area contributed by atoms with Crippen molar-refractivity contribution in [2.45, 2.75) is 30.6 Å². The number of nitrogen functional groups attached to an aromatic ring is 1. The topological polar surface area (TPSA) is 225 Å². The highest BCUT2D eigenvalue weighted by molar-refractivity contribution is 8.00. The number of carbonyl (C=O) groups is 5. The number of hydrogen-bond acceptors (Lipinski definition) is 12. The van der Waals surface area contributed by atoms with Gasteiger partial charge in [0.2, 0.25) is 5.91 Å². The number of benzene rings is 1. The monoisotopic (exact) mass is 698 g/mol. The maximum atomic E-state index is 13.1. The van der Waals surface area contributed by atoms with Gasteiger partial charge >= 0.3 is 18.1 Å². The van der Waals surface area contributed by atoms with Gasteiger partial charge < -0.3 is 36.1 Å². The van der Waals surface area contributed by atoms with E-state index in [1.54, 1.807) is 18.1 Å². The van der Waals surface area contributed by atoms with Crippen LogP contribution in [0.4, 0.5) is 18.3 Å². The number of likely N-dealkylation sites (tertiary alicyclic amines) is 1. The predicted octanol–water partition coefficient (Wildman–Crippen LogP) is 1.64. The number of aliphatic carboxylic acids is 2. The Morgan fingerprint density at radius 2 is 1.96 bits per heavy atom. The van der Waals surface area contributed by atoms with Crippen molar-refractivity contribution in [3.8, 4) is 5.75 Å². The zero-order valence-corrected chi connectivity index (χ0v) is 25.7. The summed E-state index contributed by atoms with van der Waals surface area (Å²) in [5.41, 5.74) is 6.68. The van der Waals surface area contributed by atoms with Crippen LogP contribution >= 0.6 is 23.1 Å². The molecular formula is C27H25F3N6O9S2. The molecule has 250 valence electrons. The highest BCUT2D eigenvalue weighted by Crippen LogP contribution is 2.41. The molecule has 6 N–H and O–H groups in total. The number of thioether (sulfide) groups is 1. The van der Waals surface area contributed by atoms with Crippen molar-refractivity contribution in [1.29, 1.82) is 0 Å². The van der Waals surface area contributed by atoms with Crippen molar-refractivity contribution in [2.24, 2.45) is 5.16 Å². The van der Waals surface area contributed by atoms with Crippen LogP contribution in [0.1, 0.15) is 17.7 Å². The predicted molar refractivity (Wildman–Crippen MR) is 159 cm³/mol. The molecule has 0 radical (unpaired) electrons. The fraction of sp³-hybridized carbons (Fsp3) is 0.296. The van der Waals surface area contributed by atoms with Crippen molar-refractivity contribution in [1.82, 2.24) is 20.1 Å². The lowest BCUT2D eigenvalue weighted by Crippen LogP contribution is -2.71. The van der Waals surface area contributed by atoms with Gasteiger partial charge in [-0.1, -0.05) is 17.3 Å². The Balaban J connectivity index is 0.000000644. The van der Waals surface area contributed by atoms with Gasteiger partial charge in [-0.3, -0.25) is 19.3 Å². The van der Waals surface area contributed by atoms with Gasteiger partial charge in [0.1, 0.15) is 28.6 Å². The molecule has 0 spiro atoms. The average Bonchev–Trinajstić information content (AvgIpc) is 3.60. The number of allylic oxidation sites excluding steroid dienone is 1. The van der Waals surface area contributed by atoms with Crippen molar-refractivity contribution in [3.63, 3.8) is 0 Å². The normalized spacial score (nSPS) is 20.3. The summed E-state index contributed by atoms with van der Waals surface area (Å²) in [6, 6.07) is 6.37. The Kier molecular flexibility index (Phi) is 10.4. The molecule has 47 heavy (non-hydrogen) atoms. The molecule has 3 amide bonds. The number of nitrogens with one attached hydrogen (secondary N) is 1. The number of hydrogen-bond donors (Lipinski definition) is 5. The minimum Gasteiger partial charge on any atom is -0.497 e. The summed E-state index contributed by atoms with van der Waals surface area (Å²) in [6.45, 7) is 0.858. The number of β-lactam (4-membered cyclic amide) rings is 1. The molecule has 15 nitrogen and oxygen atoms in total. The van der Waals surface area contributed by atoms with Gasteiger partial charge in [-0.2, -0.15) is 13.2 Å². The molecule has 2 atom stereocenters. The van der Waals surface area contributed by atoms with Crippen molar-refractivity contribution >= 4 is 63.6 Å². The number of carboxylic acids is 2. The molecule has 0 bridgehead atoms. The third kappa shape index (κ3) is 7.65. The van der Waals surface area contributed by atoms with Gasteiger partial charge in [0.15, 0.2) is 10.8 Å². The minimum absolute atomic E-state index is 0.0455. The van der Waals surface area contributed by atoms with Gasteiger partial charge in [-0.05, 0) is 35.8 Å². The van der Waals surface area contributed by atoms with Gasteiger partial charge in [0, 0.05) is 29.8 Å². The number of oxime groups is 1. The van der Waals surface area contributed by atoms with E-state index < -0.39 is 47.1 Å². The molecule has 3 aliphatic rings. The van der Waals surface area contributed by atoms with E-state index in [1.165, 1.54) is 17.1 Å². The van der Waals surface area contributed by atoms with Gasteiger partial charge in [0.05, 0.1) is 7.11 Å². The smallest absolute Gasteiger partial charge is 0.490 e. The number of anilines is 1. The lowest BCUT2D eigenvalue weighted by Gasteiger charge is -2.49. The van der Waals surface area contributed by atoms with E-state index in [4.69, 9.17) is 20.4 Å². The van der Waals surface area contributed by atoms with E-state index in [9.17, 15) is 42.7 Å². The van der Waals surface area contributed by atoms with Crippen LogP contribution in [-0.4, -0.2) is 103 Å². The zero-order valence-electron chi connectivity index (χ0n) is 24.1. The lowest BCUT2D eigenvalue weighted by molar-refractivity contribution is -0.192. The molecule has 0 aliphatic carbocycles. The van der Waals surface area contributed by atoms with E-state index in [0.717, 1.165) is 21.8 Å². The highest BCUT2D eigenvalue weighted by Gasteiger charge is 2.54. The molecule has 5 rings (SSSR count). The first-order valence-electron chi connectivity index (χ1n) is 13.2. The third-order valence-corrected chi connectivity index (χ3v) is 8.85. The van der Waals surface area contributed by atoms with E-state index in [0.29, 0.717) is 36.4 Å². The van der Waals surface area contributed by atoms with Crippen LogP contribution in [0.2, 0.25) is 0 Å². The van der Waals surface area contributed by atoms with Crippen LogP contribution < -0.4 is 15.8 Å². The van der Waals surface area contributed by atoms with Crippen LogP contribution in [0, 0.1) is 0 Å². The largest absolute Gasteiger partial charge is 0.497 e. The Hall–Kier alpha value is -5.11. The summed E-state index contributed by atoms with van der Waals surface area (Å²) in [6.07, 6.45) is -3.09. The number of nitrogens with two attached hydrogens (primary N) is 1.